The molecule has 0 aliphatic heterocycles. The van der Waals surface area contributed by atoms with E-state index in [0.29, 0.717) is 16.7 Å². The van der Waals surface area contributed by atoms with Crippen LogP contribution in [-0.4, -0.2) is 33.5 Å². The Bertz CT molecular complexity index is 1200. The molecule has 0 atom stereocenters. The van der Waals surface area contributed by atoms with Crippen molar-refractivity contribution in [3.63, 3.8) is 0 Å². The maximum absolute atomic E-state index is 12.5. The Balaban J connectivity index is 1.47. The number of ether oxygens (including phenoxy) is 2. The molecule has 4 rings (SSSR count). The van der Waals surface area contributed by atoms with Crippen LogP contribution in [0.3, 0.4) is 0 Å². The van der Waals surface area contributed by atoms with Crippen molar-refractivity contribution < 1.29 is 14.3 Å². The van der Waals surface area contributed by atoms with Crippen LogP contribution >= 0.6 is 27.7 Å². The lowest BCUT2D eigenvalue weighted by atomic mass is 10.3. The molecule has 0 aliphatic carbocycles. The number of rotatable bonds is 9. The van der Waals surface area contributed by atoms with Gasteiger partial charge in [-0.15, -0.1) is 10.2 Å². The van der Waals surface area contributed by atoms with Crippen LogP contribution < -0.4 is 14.8 Å². The number of methoxy groups -OCH3 is 1. The van der Waals surface area contributed by atoms with Crippen molar-refractivity contribution in [3.8, 4) is 17.2 Å². The minimum Gasteiger partial charge on any atom is -0.497 e. The molecular formula is C24H21BrN4O3S. The van der Waals surface area contributed by atoms with Gasteiger partial charge in [0.1, 0.15) is 18.1 Å². The number of carbonyl (C=O) groups excluding carboxylic acids is 1. The van der Waals surface area contributed by atoms with Gasteiger partial charge in [-0.25, -0.2) is 0 Å². The first kappa shape index (κ1) is 22.9. The number of amides is 1. The zero-order valence-electron chi connectivity index (χ0n) is 17.8. The lowest BCUT2D eigenvalue weighted by Crippen LogP contribution is -2.14. The maximum Gasteiger partial charge on any atom is 0.234 e. The van der Waals surface area contributed by atoms with Gasteiger partial charge in [0.2, 0.25) is 5.91 Å². The predicted molar refractivity (Wildman–Crippen MR) is 132 cm³/mol. The van der Waals surface area contributed by atoms with Crippen molar-refractivity contribution >= 4 is 39.3 Å². The van der Waals surface area contributed by atoms with Crippen LogP contribution in [0.25, 0.3) is 5.69 Å². The fourth-order valence-electron chi connectivity index (χ4n) is 3.00. The summed E-state index contributed by atoms with van der Waals surface area (Å²) in [6, 6.07) is 24.5. The number of para-hydroxylation sites is 1. The molecule has 9 heteroatoms. The molecule has 0 aliphatic rings. The maximum atomic E-state index is 12.5. The topological polar surface area (TPSA) is 78.3 Å². The number of anilines is 1. The first-order valence-corrected chi connectivity index (χ1v) is 11.8. The number of aromatic nitrogens is 3. The highest BCUT2D eigenvalue weighted by Gasteiger charge is 2.16. The molecule has 1 N–H and O–H groups in total. The van der Waals surface area contributed by atoms with E-state index in [2.05, 4.69) is 31.4 Å². The SMILES string of the molecule is COc1ccc(OCc2nnc(SCC(=O)Nc3ccc(Br)cc3)n2-c2ccccc2)cc1. The summed E-state index contributed by atoms with van der Waals surface area (Å²) in [5, 5.41) is 12.1. The van der Waals surface area contributed by atoms with Gasteiger partial charge in [-0.1, -0.05) is 45.9 Å². The number of thioether (sulfide) groups is 1. The summed E-state index contributed by atoms with van der Waals surface area (Å²) < 4.78 is 13.9. The molecule has 7 nitrogen and oxygen atoms in total. The zero-order valence-corrected chi connectivity index (χ0v) is 20.2. The standard InChI is InChI=1S/C24H21BrN4O3S/c1-31-20-11-13-21(14-12-20)32-15-22-27-28-24(29(22)19-5-3-2-4-6-19)33-16-23(30)26-18-9-7-17(25)8-10-18/h2-14H,15-16H2,1H3,(H,26,30). The average molecular weight is 525 g/mol. The Morgan fingerprint density at radius 3 is 2.36 bits per heavy atom. The summed E-state index contributed by atoms with van der Waals surface area (Å²) in [6.07, 6.45) is 0. The van der Waals surface area contributed by atoms with Gasteiger partial charge in [0, 0.05) is 15.8 Å². The van der Waals surface area contributed by atoms with Crippen LogP contribution in [0, 0.1) is 0 Å². The van der Waals surface area contributed by atoms with Gasteiger partial charge in [-0.2, -0.15) is 0 Å². The number of halogens is 1. The summed E-state index contributed by atoms with van der Waals surface area (Å²) in [7, 11) is 1.62. The van der Waals surface area contributed by atoms with Crippen LogP contribution in [0.4, 0.5) is 5.69 Å². The van der Waals surface area contributed by atoms with E-state index in [9.17, 15) is 4.79 Å². The van der Waals surface area contributed by atoms with E-state index in [1.54, 1.807) is 7.11 Å². The smallest absolute Gasteiger partial charge is 0.234 e. The van der Waals surface area contributed by atoms with Crippen molar-refractivity contribution in [2.24, 2.45) is 0 Å². The van der Waals surface area contributed by atoms with E-state index in [4.69, 9.17) is 9.47 Å². The minimum absolute atomic E-state index is 0.124. The number of hydrogen-bond donors (Lipinski definition) is 1. The number of benzene rings is 3. The third-order valence-electron chi connectivity index (χ3n) is 4.60. The van der Waals surface area contributed by atoms with E-state index in [0.717, 1.165) is 21.6 Å². The molecule has 1 aromatic heterocycles. The molecule has 0 fully saturated rings. The molecular weight excluding hydrogens is 504 g/mol. The molecule has 1 heterocycles. The summed E-state index contributed by atoms with van der Waals surface area (Å²) in [5.41, 5.74) is 1.63. The second kappa shape index (κ2) is 11.0. The number of carbonyl (C=O) groups is 1. The Labute approximate surface area is 204 Å². The highest BCUT2D eigenvalue weighted by Crippen LogP contribution is 2.24. The van der Waals surface area contributed by atoms with E-state index in [1.807, 2.05) is 83.4 Å². The van der Waals surface area contributed by atoms with Crippen molar-refractivity contribution in [3.05, 3.63) is 89.2 Å². The second-order valence-electron chi connectivity index (χ2n) is 6.88. The third kappa shape index (κ3) is 6.15. The van der Waals surface area contributed by atoms with Gasteiger partial charge in [-0.3, -0.25) is 9.36 Å². The zero-order chi connectivity index (χ0) is 23.0. The van der Waals surface area contributed by atoms with Gasteiger partial charge in [0.05, 0.1) is 12.9 Å². The number of nitrogens with one attached hydrogen (secondary N) is 1. The van der Waals surface area contributed by atoms with Gasteiger partial charge < -0.3 is 14.8 Å². The van der Waals surface area contributed by atoms with Crippen LogP contribution in [0.5, 0.6) is 11.5 Å². The molecule has 0 radical (unpaired) electrons. The van der Waals surface area contributed by atoms with Crippen LogP contribution in [-0.2, 0) is 11.4 Å². The Kier molecular flexibility index (Phi) is 7.64. The Hall–Kier alpha value is -3.30. The lowest BCUT2D eigenvalue weighted by molar-refractivity contribution is -0.113. The highest BCUT2D eigenvalue weighted by molar-refractivity contribution is 9.10. The van der Waals surface area contributed by atoms with Crippen molar-refractivity contribution in [2.45, 2.75) is 11.8 Å². The van der Waals surface area contributed by atoms with E-state index in [-0.39, 0.29) is 18.3 Å². The largest absolute Gasteiger partial charge is 0.497 e. The van der Waals surface area contributed by atoms with Crippen molar-refractivity contribution in [1.29, 1.82) is 0 Å². The molecule has 0 unspecified atom stereocenters. The first-order chi connectivity index (χ1) is 16.1. The summed E-state index contributed by atoms with van der Waals surface area (Å²) in [6.45, 7) is 0.222. The summed E-state index contributed by atoms with van der Waals surface area (Å²) >= 11 is 4.70. The van der Waals surface area contributed by atoms with Gasteiger partial charge in [0.25, 0.3) is 0 Å². The molecule has 0 saturated carbocycles. The Morgan fingerprint density at radius 1 is 0.970 bits per heavy atom. The molecule has 33 heavy (non-hydrogen) atoms. The molecule has 1 amide bonds. The molecule has 4 aromatic rings. The highest BCUT2D eigenvalue weighted by atomic mass is 79.9. The lowest BCUT2D eigenvalue weighted by Gasteiger charge is -2.11. The van der Waals surface area contributed by atoms with E-state index in [1.165, 1.54) is 11.8 Å². The minimum atomic E-state index is -0.124. The molecule has 0 bridgehead atoms. The normalized spacial score (nSPS) is 10.6. The van der Waals surface area contributed by atoms with Crippen molar-refractivity contribution in [2.75, 3.05) is 18.2 Å². The van der Waals surface area contributed by atoms with Crippen molar-refractivity contribution in [1.82, 2.24) is 14.8 Å². The molecule has 0 saturated heterocycles. The first-order valence-electron chi connectivity index (χ1n) is 10.1. The molecule has 3 aromatic carbocycles. The van der Waals surface area contributed by atoms with Gasteiger partial charge in [0.15, 0.2) is 11.0 Å². The quantitative estimate of drug-likeness (QED) is 0.297. The predicted octanol–water partition coefficient (Wildman–Crippen LogP) is 5.35. The Morgan fingerprint density at radius 2 is 1.67 bits per heavy atom. The number of hydrogen-bond acceptors (Lipinski definition) is 6. The van der Waals surface area contributed by atoms with E-state index >= 15 is 0 Å². The molecule has 168 valence electrons. The fraction of sp³-hybridized carbons (Fsp3) is 0.125. The fourth-order valence-corrected chi connectivity index (χ4v) is 4.04. The van der Waals surface area contributed by atoms with Gasteiger partial charge >= 0.3 is 0 Å². The second-order valence-corrected chi connectivity index (χ2v) is 8.74. The monoisotopic (exact) mass is 524 g/mol. The molecule has 0 spiro atoms. The average Bonchev–Trinajstić information content (AvgIpc) is 3.26. The van der Waals surface area contributed by atoms with Gasteiger partial charge in [-0.05, 0) is 60.7 Å². The summed E-state index contributed by atoms with van der Waals surface area (Å²) in [4.78, 5) is 12.5. The third-order valence-corrected chi connectivity index (χ3v) is 6.06. The summed E-state index contributed by atoms with van der Waals surface area (Å²) in [5.74, 6) is 2.16. The van der Waals surface area contributed by atoms with Crippen LogP contribution in [0.1, 0.15) is 5.82 Å². The van der Waals surface area contributed by atoms with Crippen LogP contribution in [0.15, 0.2) is 88.5 Å². The van der Waals surface area contributed by atoms with E-state index < -0.39 is 0 Å². The van der Waals surface area contributed by atoms with Crippen LogP contribution in [0.2, 0.25) is 0 Å². The number of nitrogens with zero attached hydrogens (tertiary/aromatic N) is 3.